The molecule has 6 nitrogen and oxygen atoms in total. The van der Waals surface area contributed by atoms with E-state index >= 15 is 0 Å². The lowest BCUT2D eigenvalue weighted by Crippen LogP contribution is -1.95. The van der Waals surface area contributed by atoms with Gasteiger partial charge in [-0.1, -0.05) is 72.3 Å². The molecule has 0 unspecified atom stereocenters. The number of nitrogens with zero attached hydrogens (tertiary/aromatic N) is 3. The van der Waals surface area contributed by atoms with Gasteiger partial charge in [-0.05, 0) is 29.3 Å². The second kappa shape index (κ2) is 9.05. The van der Waals surface area contributed by atoms with E-state index in [1.165, 1.54) is 29.5 Å². The van der Waals surface area contributed by atoms with Gasteiger partial charge < -0.3 is 0 Å². The summed E-state index contributed by atoms with van der Waals surface area (Å²) in [6.07, 6.45) is 5.03. The number of carbonyl (C=O) groups excluding carboxylic acids is 1. The Labute approximate surface area is 203 Å². The molecule has 34 heavy (non-hydrogen) atoms. The minimum Gasteiger partial charge on any atom is -0.290 e. The van der Waals surface area contributed by atoms with Crippen molar-refractivity contribution in [2.24, 2.45) is 0 Å². The van der Waals surface area contributed by atoms with Crippen molar-refractivity contribution in [2.75, 3.05) is 0 Å². The molecule has 5 rings (SSSR count). The summed E-state index contributed by atoms with van der Waals surface area (Å²) in [5, 5.41) is 13.3. The van der Waals surface area contributed by atoms with Gasteiger partial charge in [0, 0.05) is 28.8 Å². The standard InChI is InChI=1S/C26H16ClN3O3S/c27-21-11-10-20(16-23(21)30(32)33)25-22(29-14-15-34-26(29)28-25)12-13-24(31)19-8-6-18(7-9-19)17-4-2-1-3-5-17/h1-16H. The summed E-state index contributed by atoms with van der Waals surface area (Å²) in [6, 6.07) is 22.0. The summed E-state index contributed by atoms with van der Waals surface area (Å²) < 4.78 is 1.85. The number of hydrogen-bond donors (Lipinski definition) is 0. The van der Waals surface area contributed by atoms with Crippen LogP contribution in [-0.4, -0.2) is 20.1 Å². The zero-order valence-corrected chi connectivity index (χ0v) is 19.2. The maximum Gasteiger partial charge on any atom is 0.288 e. The van der Waals surface area contributed by atoms with Crippen LogP contribution in [0.5, 0.6) is 0 Å². The number of allylic oxidation sites excluding steroid dienone is 1. The smallest absolute Gasteiger partial charge is 0.288 e. The average Bonchev–Trinajstić information content (AvgIpc) is 3.45. The number of ketones is 1. The van der Waals surface area contributed by atoms with Crippen molar-refractivity contribution in [3.8, 4) is 22.4 Å². The van der Waals surface area contributed by atoms with E-state index in [1.807, 2.05) is 58.4 Å². The molecule has 0 fully saturated rings. The minimum absolute atomic E-state index is 0.0565. The van der Waals surface area contributed by atoms with Gasteiger partial charge in [0.25, 0.3) is 5.69 Å². The number of rotatable bonds is 6. The molecule has 5 aromatic rings. The predicted octanol–water partition coefficient (Wildman–Crippen LogP) is 7.19. The van der Waals surface area contributed by atoms with Crippen LogP contribution in [-0.2, 0) is 0 Å². The van der Waals surface area contributed by atoms with E-state index in [0.717, 1.165) is 11.1 Å². The summed E-state index contributed by atoms with van der Waals surface area (Å²) in [7, 11) is 0. The molecular formula is C26H16ClN3O3S. The Bertz CT molecular complexity index is 1550. The molecule has 0 aliphatic heterocycles. The molecule has 0 saturated carbocycles. The Hall–Kier alpha value is -4.07. The van der Waals surface area contributed by atoms with Crippen LogP contribution < -0.4 is 0 Å². The summed E-state index contributed by atoms with van der Waals surface area (Å²) >= 11 is 7.41. The van der Waals surface area contributed by atoms with Crippen molar-refractivity contribution < 1.29 is 9.72 Å². The first kappa shape index (κ1) is 21.8. The van der Waals surface area contributed by atoms with Crippen molar-refractivity contribution in [3.05, 3.63) is 117 Å². The second-order valence-electron chi connectivity index (χ2n) is 7.47. The quantitative estimate of drug-likeness (QED) is 0.110. The van der Waals surface area contributed by atoms with E-state index in [2.05, 4.69) is 4.98 Å². The summed E-state index contributed by atoms with van der Waals surface area (Å²) in [6.45, 7) is 0. The van der Waals surface area contributed by atoms with Crippen molar-refractivity contribution in [2.45, 2.75) is 0 Å². The lowest BCUT2D eigenvalue weighted by Gasteiger charge is -2.03. The van der Waals surface area contributed by atoms with E-state index in [-0.39, 0.29) is 16.5 Å². The maximum absolute atomic E-state index is 12.9. The number of fused-ring (bicyclic) bond motifs is 1. The first-order chi connectivity index (χ1) is 16.5. The molecule has 0 radical (unpaired) electrons. The fourth-order valence-corrected chi connectivity index (χ4v) is 4.59. The molecule has 2 heterocycles. The van der Waals surface area contributed by atoms with E-state index in [1.54, 1.807) is 24.3 Å². The highest BCUT2D eigenvalue weighted by Crippen LogP contribution is 2.33. The highest BCUT2D eigenvalue weighted by molar-refractivity contribution is 7.15. The number of aromatic nitrogens is 2. The van der Waals surface area contributed by atoms with Gasteiger partial charge in [0.2, 0.25) is 0 Å². The fraction of sp³-hybridized carbons (Fsp3) is 0. The van der Waals surface area contributed by atoms with Crippen LogP contribution in [0.15, 0.2) is 90.4 Å². The van der Waals surface area contributed by atoms with E-state index in [4.69, 9.17) is 11.6 Å². The van der Waals surface area contributed by atoms with Crippen LogP contribution in [0.4, 0.5) is 5.69 Å². The van der Waals surface area contributed by atoms with Crippen molar-refractivity contribution >= 4 is 45.4 Å². The number of hydrogen-bond acceptors (Lipinski definition) is 5. The zero-order valence-electron chi connectivity index (χ0n) is 17.6. The summed E-state index contributed by atoms with van der Waals surface area (Å²) in [4.78, 5) is 29.0. The Morgan fingerprint density at radius 2 is 1.71 bits per heavy atom. The number of halogens is 1. The molecular weight excluding hydrogens is 470 g/mol. The number of nitro benzene ring substituents is 1. The van der Waals surface area contributed by atoms with Gasteiger partial charge in [0.1, 0.15) is 5.02 Å². The molecule has 0 amide bonds. The van der Waals surface area contributed by atoms with Crippen LogP contribution in [0.2, 0.25) is 5.02 Å². The van der Waals surface area contributed by atoms with Gasteiger partial charge in [0.05, 0.1) is 16.3 Å². The summed E-state index contributed by atoms with van der Waals surface area (Å²) in [5.41, 5.74) is 4.22. The third-order valence-corrected chi connectivity index (χ3v) is 6.46. The lowest BCUT2D eigenvalue weighted by molar-refractivity contribution is -0.384. The van der Waals surface area contributed by atoms with Crippen molar-refractivity contribution in [3.63, 3.8) is 0 Å². The Morgan fingerprint density at radius 1 is 1.00 bits per heavy atom. The molecule has 3 aromatic carbocycles. The average molecular weight is 486 g/mol. The number of imidazole rings is 1. The van der Waals surface area contributed by atoms with Crippen molar-refractivity contribution in [1.82, 2.24) is 9.38 Å². The fourth-order valence-electron chi connectivity index (χ4n) is 3.68. The number of thiazole rings is 1. The Balaban J connectivity index is 1.48. The Kier molecular flexibility index (Phi) is 5.79. The molecule has 0 saturated heterocycles. The maximum atomic E-state index is 12.9. The van der Waals surface area contributed by atoms with Crippen LogP contribution in [0.3, 0.4) is 0 Å². The normalized spacial score (nSPS) is 11.3. The number of nitro groups is 1. The van der Waals surface area contributed by atoms with Gasteiger partial charge in [-0.25, -0.2) is 4.98 Å². The van der Waals surface area contributed by atoms with Crippen LogP contribution >= 0.6 is 22.9 Å². The van der Waals surface area contributed by atoms with Crippen LogP contribution in [0.25, 0.3) is 33.4 Å². The SMILES string of the molecule is O=C(C=Cc1c(-c2ccc(Cl)c([N+](=O)[O-])c2)nc2sccn12)c1ccc(-c2ccccc2)cc1. The first-order valence-electron chi connectivity index (χ1n) is 10.3. The largest absolute Gasteiger partial charge is 0.290 e. The first-order valence-corrected chi connectivity index (χ1v) is 11.5. The predicted molar refractivity (Wildman–Crippen MR) is 135 cm³/mol. The van der Waals surface area contributed by atoms with Gasteiger partial charge in [-0.3, -0.25) is 19.3 Å². The highest BCUT2D eigenvalue weighted by atomic mass is 35.5. The van der Waals surface area contributed by atoms with Crippen LogP contribution in [0.1, 0.15) is 16.1 Å². The van der Waals surface area contributed by atoms with E-state index in [9.17, 15) is 14.9 Å². The zero-order chi connectivity index (χ0) is 23.7. The molecule has 0 aliphatic carbocycles. The third-order valence-electron chi connectivity index (χ3n) is 5.38. The Morgan fingerprint density at radius 3 is 2.44 bits per heavy atom. The molecule has 0 atom stereocenters. The van der Waals surface area contributed by atoms with E-state index in [0.29, 0.717) is 27.5 Å². The van der Waals surface area contributed by atoms with Gasteiger partial charge in [-0.2, -0.15) is 0 Å². The molecule has 166 valence electrons. The highest BCUT2D eigenvalue weighted by Gasteiger charge is 2.18. The molecule has 0 N–H and O–H groups in total. The second-order valence-corrected chi connectivity index (χ2v) is 8.75. The summed E-state index contributed by atoms with van der Waals surface area (Å²) in [5.74, 6) is -0.155. The third kappa shape index (κ3) is 4.14. The topological polar surface area (TPSA) is 77.5 Å². The van der Waals surface area contributed by atoms with Gasteiger partial charge in [0.15, 0.2) is 10.7 Å². The van der Waals surface area contributed by atoms with Gasteiger partial charge in [-0.15, -0.1) is 11.3 Å². The minimum atomic E-state index is -0.525. The van der Waals surface area contributed by atoms with E-state index < -0.39 is 4.92 Å². The van der Waals surface area contributed by atoms with Crippen LogP contribution in [0, 0.1) is 10.1 Å². The molecule has 0 spiro atoms. The molecule has 0 aliphatic rings. The number of benzene rings is 3. The van der Waals surface area contributed by atoms with Gasteiger partial charge >= 0.3 is 0 Å². The lowest BCUT2D eigenvalue weighted by atomic mass is 10.0. The molecule has 8 heteroatoms. The number of carbonyl (C=O) groups is 1. The molecule has 2 aromatic heterocycles. The molecule has 0 bridgehead atoms. The monoisotopic (exact) mass is 485 g/mol. The van der Waals surface area contributed by atoms with Crippen molar-refractivity contribution in [1.29, 1.82) is 0 Å².